The number of fused-ring (bicyclic) bond motifs is 4. The quantitative estimate of drug-likeness (QED) is 0.596. The minimum Gasteiger partial charge on any atom is -0.494 e. The molecule has 3 N–H and O–H groups in total. The van der Waals surface area contributed by atoms with Crippen LogP contribution in [-0.2, 0) is 5.41 Å². The molecule has 0 radical (unpaired) electrons. The topological polar surface area (TPSA) is 91.8 Å². The van der Waals surface area contributed by atoms with Crippen molar-refractivity contribution in [1.82, 2.24) is 4.98 Å². The Hall–Kier alpha value is -2.83. The lowest BCUT2D eigenvalue weighted by molar-refractivity contribution is 0.0535. The van der Waals surface area contributed by atoms with Gasteiger partial charge in [0, 0.05) is 28.1 Å². The molecule has 0 bridgehead atoms. The Morgan fingerprint density at radius 1 is 1.10 bits per heavy atom. The van der Waals surface area contributed by atoms with Crippen LogP contribution in [0.3, 0.4) is 0 Å². The molecule has 0 unspecified atom stereocenters. The lowest BCUT2D eigenvalue weighted by atomic mass is 9.71. The molecule has 0 saturated heterocycles. The second-order valence-corrected chi connectivity index (χ2v) is 7.82. The monoisotopic (exact) mass is 395 g/mol. The Morgan fingerprint density at radius 3 is 2.55 bits per heavy atom. The molecule has 0 fully saturated rings. The minimum absolute atomic E-state index is 0.0124. The van der Waals surface area contributed by atoms with Gasteiger partial charge in [-0.3, -0.25) is 4.79 Å². The van der Waals surface area contributed by atoms with Gasteiger partial charge in [-0.1, -0.05) is 13.8 Å². The molecule has 4 rings (SSSR count). The van der Waals surface area contributed by atoms with Crippen LogP contribution >= 0.6 is 0 Å². The van der Waals surface area contributed by atoms with Crippen LogP contribution in [0, 0.1) is 0 Å². The average Bonchev–Trinajstić information content (AvgIpc) is 3.10. The fraction of sp³-hybridized carbons (Fsp3) is 0.348. The van der Waals surface area contributed by atoms with Gasteiger partial charge in [0.25, 0.3) is 0 Å². The van der Waals surface area contributed by atoms with Gasteiger partial charge in [0.05, 0.1) is 24.3 Å². The molecule has 29 heavy (non-hydrogen) atoms. The third-order valence-corrected chi connectivity index (χ3v) is 5.50. The second kappa shape index (κ2) is 7.21. The number of benzene rings is 2. The van der Waals surface area contributed by atoms with Gasteiger partial charge in [0.15, 0.2) is 5.78 Å². The number of ether oxygens (including phenoxy) is 2. The normalized spacial score (nSPS) is 15.7. The molecule has 0 amide bonds. The van der Waals surface area contributed by atoms with E-state index in [2.05, 4.69) is 18.8 Å². The van der Waals surface area contributed by atoms with E-state index in [9.17, 15) is 9.90 Å². The molecule has 1 aliphatic carbocycles. The standard InChI is InChI=1S/C23H25NO5/c1-4-28-15-6-8-17-19(10-15)24-22-20(17)21(27)16-7-5-14(29-12-13(26)11-25)9-18(16)23(22,2)3/h5-10,13,24-26H,4,11-12H2,1-3H3/t13-/m1/s1. The van der Waals surface area contributed by atoms with Crippen LogP contribution in [0.25, 0.3) is 10.9 Å². The van der Waals surface area contributed by atoms with Crippen molar-refractivity contribution in [2.75, 3.05) is 19.8 Å². The molecular formula is C23H25NO5. The van der Waals surface area contributed by atoms with Gasteiger partial charge in [-0.2, -0.15) is 0 Å². The number of aliphatic hydroxyl groups excluding tert-OH is 2. The lowest BCUT2D eigenvalue weighted by Gasteiger charge is -2.32. The molecule has 152 valence electrons. The summed E-state index contributed by atoms with van der Waals surface area (Å²) in [7, 11) is 0. The summed E-state index contributed by atoms with van der Waals surface area (Å²) in [6.45, 7) is 6.28. The van der Waals surface area contributed by atoms with Crippen molar-refractivity contribution < 1.29 is 24.5 Å². The Labute approximate surface area is 169 Å². The van der Waals surface area contributed by atoms with Crippen molar-refractivity contribution in [2.45, 2.75) is 32.3 Å². The number of H-pyrrole nitrogens is 1. The molecule has 1 heterocycles. The summed E-state index contributed by atoms with van der Waals surface area (Å²) in [6, 6.07) is 11.1. The zero-order valence-electron chi connectivity index (χ0n) is 16.8. The number of aliphatic hydroxyl groups is 2. The maximum absolute atomic E-state index is 13.3. The van der Waals surface area contributed by atoms with Crippen molar-refractivity contribution in [3.8, 4) is 11.5 Å². The summed E-state index contributed by atoms with van der Waals surface area (Å²) in [5, 5.41) is 19.4. The van der Waals surface area contributed by atoms with Gasteiger partial charge < -0.3 is 24.7 Å². The summed E-state index contributed by atoms with van der Waals surface area (Å²) < 4.78 is 11.2. The number of aromatic nitrogens is 1. The van der Waals surface area contributed by atoms with Gasteiger partial charge in [0.1, 0.15) is 24.2 Å². The number of carbonyl (C=O) groups excluding carboxylic acids is 1. The zero-order chi connectivity index (χ0) is 20.8. The fourth-order valence-electron chi connectivity index (χ4n) is 3.98. The number of nitrogens with one attached hydrogen (secondary N) is 1. The highest BCUT2D eigenvalue weighted by Crippen LogP contribution is 2.45. The largest absolute Gasteiger partial charge is 0.494 e. The Balaban J connectivity index is 1.79. The van der Waals surface area contributed by atoms with Gasteiger partial charge in [-0.15, -0.1) is 0 Å². The van der Waals surface area contributed by atoms with Crippen LogP contribution in [-0.4, -0.2) is 46.9 Å². The molecule has 0 spiro atoms. The van der Waals surface area contributed by atoms with Gasteiger partial charge >= 0.3 is 0 Å². The molecular weight excluding hydrogens is 370 g/mol. The Kier molecular flexibility index (Phi) is 4.84. The van der Waals surface area contributed by atoms with E-state index in [0.717, 1.165) is 27.9 Å². The maximum atomic E-state index is 13.3. The number of hydrogen-bond acceptors (Lipinski definition) is 5. The van der Waals surface area contributed by atoms with E-state index in [1.165, 1.54) is 0 Å². The van der Waals surface area contributed by atoms with Crippen LogP contribution in [0.1, 0.15) is 48.0 Å². The predicted octanol–water partition coefficient (Wildman–Crippen LogP) is 3.17. The molecule has 0 aliphatic heterocycles. The van der Waals surface area contributed by atoms with E-state index < -0.39 is 11.5 Å². The molecule has 0 saturated carbocycles. The summed E-state index contributed by atoms with van der Waals surface area (Å²) in [5.41, 5.74) is 3.50. The number of hydrogen-bond donors (Lipinski definition) is 3. The molecule has 6 nitrogen and oxygen atoms in total. The van der Waals surface area contributed by atoms with Crippen LogP contribution < -0.4 is 9.47 Å². The summed E-state index contributed by atoms with van der Waals surface area (Å²) in [5.74, 6) is 1.29. The summed E-state index contributed by atoms with van der Waals surface area (Å²) in [4.78, 5) is 16.8. The first-order chi connectivity index (χ1) is 13.9. The first kappa shape index (κ1) is 19.5. The van der Waals surface area contributed by atoms with Crippen molar-refractivity contribution in [1.29, 1.82) is 0 Å². The van der Waals surface area contributed by atoms with E-state index in [0.29, 0.717) is 23.5 Å². The van der Waals surface area contributed by atoms with Crippen molar-refractivity contribution in [3.05, 3.63) is 58.8 Å². The summed E-state index contributed by atoms with van der Waals surface area (Å²) in [6.07, 6.45) is -0.944. The molecule has 2 aromatic carbocycles. The van der Waals surface area contributed by atoms with Crippen LogP contribution in [0.4, 0.5) is 0 Å². The van der Waals surface area contributed by atoms with Gasteiger partial charge in [0.2, 0.25) is 0 Å². The van der Waals surface area contributed by atoms with Crippen LogP contribution in [0.2, 0.25) is 0 Å². The number of carbonyl (C=O) groups is 1. The van der Waals surface area contributed by atoms with Crippen LogP contribution in [0.15, 0.2) is 36.4 Å². The third-order valence-electron chi connectivity index (χ3n) is 5.50. The van der Waals surface area contributed by atoms with E-state index >= 15 is 0 Å². The highest BCUT2D eigenvalue weighted by atomic mass is 16.5. The molecule has 1 atom stereocenters. The van der Waals surface area contributed by atoms with Crippen molar-refractivity contribution in [3.63, 3.8) is 0 Å². The second-order valence-electron chi connectivity index (χ2n) is 7.82. The van der Waals surface area contributed by atoms with Crippen LogP contribution in [0.5, 0.6) is 11.5 Å². The van der Waals surface area contributed by atoms with Crippen molar-refractivity contribution in [2.24, 2.45) is 0 Å². The van der Waals surface area contributed by atoms with E-state index in [1.807, 2.05) is 31.2 Å². The highest BCUT2D eigenvalue weighted by Gasteiger charge is 2.39. The Morgan fingerprint density at radius 2 is 1.83 bits per heavy atom. The van der Waals surface area contributed by atoms with Crippen molar-refractivity contribution >= 4 is 16.7 Å². The van der Waals surface area contributed by atoms with Gasteiger partial charge in [-0.05, 0) is 42.8 Å². The smallest absolute Gasteiger partial charge is 0.195 e. The predicted molar refractivity (Wildman–Crippen MR) is 110 cm³/mol. The number of rotatable bonds is 6. The minimum atomic E-state index is -0.944. The molecule has 1 aliphatic rings. The Bertz CT molecular complexity index is 1080. The third kappa shape index (κ3) is 3.18. The first-order valence-corrected chi connectivity index (χ1v) is 9.76. The maximum Gasteiger partial charge on any atom is 0.195 e. The fourth-order valence-corrected chi connectivity index (χ4v) is 3.98. The zero-order valence-corrected chi connectivity index (χ0v) is 16.8. The lowest BCUT2D eigenvalue weighted by Crippen LogP contribution is -2.30. The molecule has 3 aromatic rings. The summed E-state index contributed by atoms with van der Waals surface area (Å²) >= 11 is 0. The van der Waals surface area contributed by atoms with E-state index in [4.69, 9.17) is 14.6 Å². The molecule has 1 aromatic heterocycles. The molecule has 6 heteroatoms. The van der Waals surface area contributed by atoms with E-state index in [1.54, 1.807) is 12.1 Å². The SMILES string of the molecule is CCOc1ccc2c3c([nH]c2c1)C(C)(C)c1cc(OC[C@H](O)CO)ccc1C3=O. The van der Waals surface area contributed by atoms with Gasteiger partial charge in [-0.25, -0.2) is 0 Å². The number of aromatic amines is 1. The average molecular weight is 395 g/mol. The van der Waals surface area contributed by atoms with E-state index in [-0.39, 0.29) is 19.0 Å². The first-order valence-electron chi connectivity index (χ1n) is 9.76. The number of ketones is 1. The highest BCUT2D eigenvalue weighted by molar-refractivity contribution is 6.20.